The minimum Gasteiger partial charge on any atom is -0.349 e. The molecule has 1 heterocycles. The average molecular weight is 403 g/mol. The summed E-state index contributed by atoms with van der Waals surface area (Å²) >= 11 is 0. The van der Waals surface area contributed by atoms with Crippen LogP contribution in [0.25, 0.3) is 11.3 Å². The quantitative estimate of drug-likeness (QED) is 0.728. The second kappa shape index (κ2) is 8.05. The molecule has 0 radical (unpaired) electrons. The van der Waals surface area contributed by atoms with Gasteiger partial charge in [0, 0.05) is 30.0 Å². The number of nitrogens with zero attached hydrogens (tertiary/aromatic N) is 2. The first-order chi connectivity index (χ1) is 13.5. The Morgan fingerprint density at radius 1 is 1.28 bits per heavy atom. The Balaban J connectivity index is 1.88. The van der Waals surface area contributed by atoms with Crippen LogP contribution < -0.4 is 10.9 Å². The first kappa shape index (κ1) is 21.1. The summed E-state index contributed by atoms with van der Waals surface area (Å²) in [6.07, 6.45) is 1.89. The number of alkyl halides is 2. The maximum Gasteiger partial charge on any atom is 0.254 e. The number of amides is 1. The van der Waals surface area contributed by atoms with Crippen molar-refractivity contribution in [3.63, 3.8) is 0 Å². The van der Waals surface area contributed by atoms with E-state index >= 15 is 0 Å². The van der Waals surface area contributed by atoms with Crippen molar-refractivity contribution < 1.29 is 13.6 Å². The lowest BCUT2D eigenvalue weighted by atomic mass is 10.1. The predicted molar refractivity (Wildman–Crippen MR) is 108 cm³/mol. The maximum absolute atomic E-state index is 13.2. The molecule has 5 nitrogen and oxygen atoms in total. The monoisotopic (exact) mass is 403 g/mol. The van der Waals surface area contributed by atoms with Crippen molar-refractivity contribution in [1.29, 1.82) is 0 Å². The Morgan fingerprint density at radius 3 is 2.52 bits per heavy atom. The summed E-state index contributed by atoms with van der Waals surface area (Å²) in [6, 6.07) is 8.97. The van der Waals surface area contributed by atoms with Crippen LogP contribution >= 0.6 is 0 Å². The Labute approximate surface area is 169 Å². The Bertz CT molecular complexity index is 942. The lowest BCUT2D eigenvalue weighted by Crippen LogP contribution is -2.39. The van der Waals surface area contributed by atoms with Crippen molar-refractivity contribution in [1.82, 2.24) is 14.9 Å². The second-order valence-electron chi connectivity index (χ2n) is 8.38. The third-order valence-electron chi connectivity index (χ3n) is 5.19. The van der Waals surface area contributed by atoms with Crippen LogP contribution in [0.15, 0.2) is 35.1 Å². The molecule has 1 aromatic carbocycles. The molecule has 1 aromatic heterocycles. The fourth-order valence-corrected chi connectivity index (χ4v) is 3.18. The minimum absolute atomic E-state index is 0.159. The van der Waals surface area contributed by atoms with Gasteiger partial charge in [0.05, 0.1) is 5.69 Å². The van der Waals surface area contributed by atoms with Gasteiger partial charge in [0.1, 0.15) is 12.4 Å². The van der Waals surface area contributed by atoms with Crippen molar-refractivity contribution in [2.45, 2.75) is 70.9 Å². The SMILES string of the molecule is Cc1ccc(-c2cc(=O)n(CC(=O)NC3(C)CC3)c(CCCC(C)(F)F)n2)cc1. The molecule has 1 amide bonds. The van der Waals surface area contributed by atoms with Crippen LogP contribution in [0.5, 0.6) is 0 Å². The van der Waals surface area contributed by atoms with Crippen LogP contribution in [-0.4, -0.2) is 26.9 Å². The zero-order chi connectivity index (χ0) is 21.2. The van der Waals surface area contributed by atoms with Crippen LogP contribution in [0, 0.1) is 6.92 Å². The molecule has 1 aliphatic rings. The molecular weight excluding hydrogens is 376 g/mol. The molecule has 1 N–H and O–H groups in total. The third kappa shape index (κ3) is 5.95. The van der Waals surface area contributed by atoms with Crippen molar-refractivity contribution in [2.75, 3.05) is 0 Å². The van der Waals surface area contributed by atoms with Crippen LogP contribution in [0.2, 0.25) is 0 Å². The van der Waals surface area contributed by atoms with Gasteiger partial charge in [-0.25, -0.2) is 13.8 Å². The molecule has 0 spiro atoms. The molecule has 0 atom stereocenters. The molecule has 7 heteroatoms. The Morgan fingerprint density at radius 2 is 1.93 bits per heavy atom. The third-order valence-corrected chi connectivity index (χ3v) is 5.19. The van der Waals surface area contributed by atoms with Gasteiger partial charge in [0.15, 0.2) is 0 Å². The van der Waals surface area contributed by atoms with Gasteiger partial charge in [-0.1, -0.05) is 29.8 Å². The standard InChI is InChI=1S/C22H27F2N3O2/c1-15-6-8-16(9-7-15)17-13-20(29)27(14-19(28)26-21(2)11-12-21)18(25-17)5-4-10-22(3,23)24/h6-9,13H,4-5,10-12,14H2,1-3H3,(H,26,28). The minimum atomic E-state index is -2.78. The van der Waals surface area contributed by atoms with E-state index in [-0.39, 0.29) is 42.8 Å². The van der Waals surface area contributed by atoms with Crippen LogP contribution in [0.1, 0.15) is 50.9 Å². The van der Waals surface area contributed by atoms with Gasteiger partial charge in [-0.15, -0.1) is 0 Å². The summed E-state index contributed by atoms with van der Waals surface area (Å²) in [5, 5.41) is 2.92. The smallest absolute Gasteiger partial charge is 0.254 e. The highest BCUT2D eigenvalue weighted by Gasteiger charge is 2.38. The van der Waals surface area contributed by atoms with E-state index in [1.54, 1.807) is 0 Å². The zero-order valence-electron chi connectivity index (χ0n) is 17.1. The first-order valence-electron chi connectivity index (χ1n) is 9.91. The lowest BCUT2D eigenvalue weighted by molar-refractivity contribution is -0.122. The highest BCUT2D eigenvalue weighted by molar-refractivity contribution is 5.77. The second-order valence-corrected chi connectivity index (χ2v) is 8.38. The Kier molecular flexibility index (Phi) is 5.87. The van der Waals surface area contributed by atoms with E-state index in [4.69, 9.17) is 0 Å². The summed E-state index contributed by atoms with van der Waals surface area (Å²) in [5.74, 6) is -2.69. The summed E-state index contributed by atoms with van der Waals surface area (Å²) in [6.45, 7) is 4.63. The number of nitrogens with one attached hydrogen (secondary N) is 1. The number of hydrogen-bond acceptors (Lipinski definition) is 3. The highest BCUT2D eigenvalue weighted by atomic mass is 19.3. The van der Waals surface area contributed by atoms with Gasteiger partial charge in [0.2, 0.25) is 11.8 Å². The van der Waals surface area contributed by atoms with Crippen LogP contribution in [0.3, 0.4) is 0 Å². The molecule has 29 heavy (non-hydrogen) atoms. The molecule has 1 fully saturated rings. The normalized spacial score (nSPS) is 15.2. The molecule has 1 aliphatic carbocycles. The van der Waals surface area contributed by atoms with E-state index in [2.05, 4.69) is 10.3 Å². The van der Waals surface area contributed by atoms with Gasteiger partial charge in [-0.05, 0) is 40.0 Å². The first-order valence-corrected chi connectivity index (χ1v) is 9.91. The van der Waals surface area contributed by atoms with Crippen molar-refractivity contribution in [3.05, 3.63) is 52.1 Å². The van der Waals surface area contributed by atoms with E-state index < -0.39 is 5.92 Å². The number of rotatable bonds is 8. The maximum atomic E-state index is 13.2. The summed E-state index contributed by atoms with van der Waals surface area (Å²) in [4.78, 5) is 29.7. The van der Waals surface area contributed by atoms with E-state index in [1.807, 2.05) is 38.1 Å². The number of aromatic nitrogens is 2. The number of benzene rings is 1. The summed E-state index contributed by atoms with van der Waals surface area (Å²) < 4.78 is 27.8. The molecule has 0 saturated heterocycles. The number of aryl methyl sites for hydroxylation is 2. The van der Waals surface area contributed by atoms with E-state index in [1.165, 1.54) is 10.6 Å². The van der Waals surface area contributed by atoms with Crippen molar-refractivity contribution >= 4 is 5.91 Å². The fourth-order valence-electron chi connectivity index (χ4n) is 3.18. The average Bonchev–Trinajstić information content (AvgIpc) is 3.33. The molecule has 0 bridgehead atoms. The summed E-state index contributed by atoms with van der Waals surface area (Å²) in [5.41, 5.74) is 1.79. The number of carbonyl (C=O) groups excluding carboxylic acids is 1. The number of carbonyl (C=O) groups is 1. The number of hydrogen-bond donors (Lipinski definition) is 1. The predicted octanol–water partition coefficient (Wildman–Crippen LogP) is 3.87. The molecule has 1 saturated carbocycles. The molecule has 2 aromatic rings. The van der Waals surface area contributed by atoms with Crippen LogP contribution in [-0.2, 0) is 17.8 Å². The molecule has 156 valence electrons. The van der Waals surface area contributed by atoms with E-state index in [9.17, 15) is 18.4 Å². The van der Waals surface area contributed by atoms with Crippen molar-refractivity contribution in [2.24, 2.45) is 0 Å². The lowest BCUT2D eigenvalue weighted by Gasteiger charge is -2.17. The van der Waals surface area contributed by atoms with Gasteiger partial charge in [0.25, 0.3) is 5.56 Å². The van der Waals surface area contributed by atoms with Gasteiger partial charge < -0.3 is 5.32 Å². The van der Waals surface area contributed by atoms with E-state index in [0.29, 0.717) is 11.5 Å². The Hall–Kier alpha value is -2.57. The number of halogens is 2. The van der Waals surface area contributed by atoms with E-state index in [0.717, 1.165) is 30.9 Å². The molecule has 0 unspecified atom stereocenters. The molecule has 3 rings (SSSR count). The molecular formula is C22H27F2N3O2. The van der Waals surface area contributed by atoms with Gasteiger partial charge >= 0.3 is 0 Å². The molecule has 0 aliphatic heterocycles. The van der Waals surface area contributed by atoms with Crippen LogP contribution in [0.4, 0.5) is 8.78 Å². The van der Waals surface area contributed by atoms with Gasteiger partial charge in [-0.2, -0.15) is 0 Å². The largest absolute Gasteiger partial charge is 0.349 e. The summed E-state index contributed by atoms with van der Waals surface area (Å²) in [7, 11) is 0. The fraction of sp³-hybridized carbons (Fsp3) is 0.500. The zero-order valence-corrected chi connectivity index (χ0v) is 17.1. The highest BCUT2D eigenvalue weighted by Crippen LogP contribution is 2.34. The van der Waals surface area contributed by atoms with Crippen molar-refractivity contribution in [3.8, 4) is 11.3 Å². The topological polar surface area (TPSA) is 64.0 Å². The van der Waals surface area contributed by atoms with Gasteiger partial charge in [-0.3, -0.25) is 14.2 Å².